The summed E-state index contributed by atoms with van der Waals surface area (Å²) in [5.41, 5.74) is 4.55. The van der Waals surface area contributed by atoms with Gasteiger partial charge in [-0.3, -0.25) is 14.5 Å². The Bertz CT molecular complexity index is 1800. The number of nitrogens with one attached hydrogen (secondary N) is 1. The number of carbonyl (C=O) groups is 2. The number of fused-ring (bicyclic) bond motifs is 3. The Morgan fingerprint density at radius 1 is 0.775 bits per heavy atom. The van der Waals surface area contributed by atoms with Crippen LogP contribution in [0.15, 0.2) is 120 Å². The molecule has 1 aliphatic carbocycles. The number of allylic oxidation sites excluding steroid dienone is 1. The fourth-order valence-corrected chi connectivity index (χ4v) is 6.55. The molecule has 4 heteroatoms. The van der Waals surface area contributed by atoms with Crippen LogP contribution in [-0.2, 0) is 4.79 Å². The molecule has 2 aliphatic rings. The van der Waals surface area contributed by atoms with Crippen molar-refractivity contribution in [2.24, 2.45) is 5.41 Å². The first-order chi connectivity index (χ1) is 19.4. The van der Waals surface area contributed by atoms with Gasteiger partial charge in [-0.1, -0.05) is 92.7 Å². The Labute approximate surface area is 233 Å². The lowest BCUT2D eigenvalue weighted by Crippen LogP contribution is -2.39. The summed E-state index contributed by atoms with van der Waals surface area (Å²) in [5.74, 6) is -0.0531. The van der Waals surface area contributed by atoms with Gasteiger partial charge in [-0.25, -0.2) is 0 Å². The van der Waals surface area contributed by atoms with Crippen molar-refractivity contribution in [3.8, 4) is 0 Å². The Kier molecular flexibility index (Phi) is 5.60. The molecule has 0 aromatic heterocycles. The SMILES string of the molecule is CC1(C)CC(=O)C2=C(C1)Nc1ccccc1N(C(=O)c1ccccc1)[C@H]2c1c2ccccc2cc2ccccc12. The molecule has 0 bridgehead atoms. The van der Waals surface area contributed by atoms with Crippen molar-refractivity contribution in [2.75, 3.05) is 10.2 Å². The number of amides is 1. The van der Waals surface area contributed by atoms with E-state index in [0.717, 1.165) is 50.6 Å². The van der Waals surface area contributed by atoms with Gasteiger partial charge in [-0.2, -0.15) is 0 Å². The number of hydrogen-bond donors (Lipinski definition) is 1. The van der Waals surface area contributed by atoms with E-state index < -0.39 is 6.04 Å². The third kappa shape index (κ3) is 3.91. The standard InChI is InChI=1S/C36H30N2O2/c1-36(2)21-29-33(31(39)22-36)34(32-26-16-8-6-14-24(26)20-25-15-7-9-17-27(25)32)38(30-19-11-10-18-28(30)37-29)35(40)23-12-4-3-5-13-23/h3-20,34,37H,21-22H2,1-2H3/t34-/m0/s1. The van der Waals surface area contributed by atoms with E-state index in [4.69, 9.17) is 0 Å². The minimum absolute atomic E-state index is 0.0828. The molecule has 0 saturated heterocycles. The summed E-state index contributed by atoms with van der Waals surface area (Å²) in [6, 6.07) is 35.5. The summed E-state index contributed by atoms with van der Waals surface area (Å²) in [6.07, 6.45) is 1.14. The van der Waals surface area contributed by atoms with Crippen LogP contribution in [0.2, 0.25) is 0 Å². The number of nitrogens with zero attached hydrogens (tertiary/aromatic N) is 1. The summed E-state index contributed by atoms with van der Waals surface area (Å²) < 4.78 is 0. The van der Waals surface area contributed by atoms with E-state index in [1.54, 1.807) is 0 Å². The van der Waals surface area contributed by atoms with Crippen molar-refractivity contribution in [1.82, 2.24) is 0 Å². The summed E-state index contributed by atoms with van der Waals surface area (Å²) in [6.45, 7) is 4.28. The highest BCUT2D eigenvalue weighted by molar-refractivity contribution is 6.14. The van der Waals surface area contributed by atoms with Crippen LogP contribution in [0.5, 0.6) is 0 Å². The number of ketones is 1. The van der Waals surface area contributed by atoms with Crippen LogP contribution in [-0.4, -0.2) is 11.7 Å². The highest BCUT2D eigenvalue weighted by atomic mass is 16.2. The van der Waals surface area contributed by atoms with E-state index in [9.17, 15) is 9.59 Å². The van der Waals surface area contributed by atoms with E-state index in [1.807, 2.05) is 83.8 Å². The van der Waals surface area contributed by atoms with E-state index in [-0.39, 0.29) is 17.1 Å². The van der Waals surface area contributed by atoms with Crippen molar-refractivity contribution in [1.29, 1.82) is 0 Å². The minimum atomic E-state index is -0.613. The lowest BCUT2D eigenvalue weighted by molar-refractivity contribution is -0.118. The molecular weight excluding hydrogens is 492 g/mol. The van der Waals surface area contributed by atoms with E-state index >= 15 is 0 Å². The lowest BCUT2D eigenvalue weighted by atomic mass is 9.72. The summed E-state index contributed by atoms with van der Waals surface area (Å²) in [7, 11) is 0. The van der Waals surface area contributed by atoms with Gasteiger partial charge in [0.2, 0.25) is 0 Å². The first-order valence-electron chi connectivity index (χ1n) is 13.8. The zero-order valence-corrected chi connectivity index (χ0v) is 22.6. The molecule has 0 unspecified atom stereocenters. The molecule has 1 N–H and O–H groups in total. The van der Waals surface area contributed by atoms with E-state index in [0.29, 0.717) is 17.6 Å². The van der Waals surface area contributed by atoms with Crippen molar-refractivity contribution in [3.05, 3.63) is 132 Å². The van der Waals surface area contributed by atoms with Crippen LogP contribution in [0.1, 0.15) is 48.7 Å². The molecule has 0 spiro atoms. The Hall–Kier alpha value is -4.70. The van der Waals surface area contributed by atoms with Crippen LogP contribution in [0, 0.1) is 5.41 Å². The highest BCUT2D eigenvalue weighted by Crippen LogP contribution is 2.51. The van der Waals surface area contributed by atoms with Gasteiger partial charge in [-0.15, -0.1) is 0 Å². The second-order valence-electron chi connectivity index (χ2n) is 11.7. The molecule has 0 radical (unpaired) electrons. The van der Waals surface area contributed by atoms with Gasteiger partial charge in [0.1, 0.15) is 0 Å². The number of Topliss-reactive ketones (excluding diaryl/α,β-unsaturated/α-hetero) is 1. The first-order valence-corrected chi connectivity index (χ1v) is 13.8. The number of rotatable bonds is 2. The monoisotopic (exact) mass is 522 g/mol. The maximum atomic E-state index is 14.6. The topological polar surface area (TPSA) is 49.4 Å². The molecule has 4 nitrogen and oxygen atoms in total. The average molecular weight is 523 g/mol. The number of benzene rings is 5. The van der Waals surface area contributed by atoms with Crippen LogP contribution < -0.4 is 10.2 Å². The molecule has 196 valence electrons. The van der Waals surface area contributed by atoms with Gasteiger partial charge in [0.25, 0.3) is 5.91 Å². The number of carbonyl (C=O) groups excluding carboxylic acids is 2. The van der Waals surface area contributed by atoms with Gasteiger partial charge in [0.05, 0.1) is 17.4 Å². The van der Waals surface area contributed by atoms with Gasteiger partial charge < -0.3 is 5.32 Å². The molecule has 1 amide bonds. The third-order valence-electron chi connectivity index (χ3n) is 8.23. The second-order valence-corrected chi connectivity index (χ2v) is 11.7. The molecule has 7 rings (SSSR count). The largest absolute Gasteiger partial charge is 0.357 e. The molecule has 0 fully saturated rings. The van der Waals surface area contributed by atoms with Crippen molar-refractivity contribution < 1.29 is 9.59 Å². The van der Waals surface area contributed by atoms with E-state index in [2.05, 4.69) is 49.5 Å². The molecule has 1 heterocycles. The molecule has 0 saturated carbocycles. The van der Waals surface area contributed by atoms with Crippen LogP contribution in [0.4, 0.5) is 11.4 Å². The summed E-state index contributed by atoms with van der Waals surface area (Å²) in [5, 5.41) is 7.90. The normalized spacial score (nSPS) is 18.2. The van der Waals surface area contributed by atoms with Gasteiger partial charge in [-0.05, 0) is 69.3 Å². The highest BCUT2D eigenvalue weighted by Gasteiger charge is 2.44. The number of para-hydroxylation sites is 2. The number of anilines is 2. The third-order valence-corrected chi connectivity index (χ3v) is 8.23. The van der Waals surface area contributed by atoms with E-state index in [1.165, 1.54) is 0 Å². The quantitative estimate of drug-likeness (QED) is 0.237. The van der Waals surface area contributed by atoms with Gasteiger partial charge >= 0.3 is 0 Å². The average Bonchev–Trinajstić information content (AvgIpc) is 3.09. The van der Waals surface area contributed by atoms with Gasteiger partial charge in [0.15, 0.2) is 5.78 Å². The van der Waals surface area contributed by atoms with Crippen molar-refractivity contribution in [2.45, 2.75) is 32.7 Å². The molecule has 1 aliphatic heterocycles. The smallest absolute Gasteiger partial charge is 0.259 e. The van der Waals surface area contributed by atoms with Crippen molar-refractivity contribution >= 4 is 44.6 Å². The summed E-state index contributed by atoms with van der Waals surface area (Å²) >= 11 is 0. The van der Waals surface area contributed by atoms with Crippen LogP contribution in [0.3, 0.4) is 0 Å². The molecule has 40 heavy (non-hydrogen) atoms. The fraction of sp³-hybridized carbons (Fsp3) is 0.167. The first kappa shape index (κ1) is 24.3. The van der Waals surface area contributed by atoms with Crippen molar-refractivity contribution in [3.63, 3.8) is 0 Å². The Balaban J connectivity index is 1.63. The summed E-state index contributed by atoms with van der Waals surface area (Å²) in [4.78, 5) is 30.8. The predicted molar refractivity (Wildman–Crippen MR) is 163 cm³/mol. The zero-order valence-electron chi connectivity index (χ0n) is 22.6. The molecule has 1 atom stereocenters. The Morgan fingerprint density at radius 2 is 1.38 bits per heavy atom. The maximum absolute atomic E-state index is 14.6. The number of hydrogen-bond acceptors (Lipinski definition) is 3. The molecule has 5 aromatic rings. The van der Waals surface area contributed by atoms with Crippen LogP contribution in [0.25, 0.3) is 21.5 Å². The van der Waals surface area contributed by atoms with Crippen LogP contribution >= 0.6 is 0 Å². The fourth-order valence-electron chi connectivity index (χ4n) is 6.55. The predicted octanol–water partition coefficient (Wildman–Crippen LogP) is 8.45. The second kappa shape index (κ2) is 9.20. The minimum Gasteiger partial charge on any atom is -0.357 e. The molecular formula is C36H30N2O2. The van der Waals surface area contributed by atoms with Gasteiger partial charge in [0, 0.05) is 23.3 Å². The molecule has 5 aromatic carbocycles. The lowest BCUT2D eigenvalue weighted by Gasteiger charge is -2.38. The zero-order chi connectivity index (χ0) is 27.4. The Morgan fingerprint density at radius 3 is 2.08 bits per heavy atom. The maximum Gasteiger partial charge on any atom is 0.259 e.